The number of methoxy groups -OCH3 is 1. The van der Waals surface area contributed by atoms with Gasteiger partial charge in [0.1, 0.15) is 5.75 Å². The molecule has 0 aliphatic rings. The molecule has 1 aromatic carbocycles. The largest absolute Gasteiger partial charge is 0.496 e. The molecule has 0 unspecified atom stereocenters. The Balaban J connectivity index is 2.63. The number of carboxylic acids is 1. The summed E-state index contributed by atoms with van der Waals surface area (Å²) >= 11 is 1.47. The first-order chi connectivity index (χ1) is 9.08. The second kappa shape index (κ2) is 7.68. The molecule has 0 bridgehead atoms. The number of aromatic carboxylic acids is 1. The van der Waals surface area contributed by atoms with Crippen molar-refractivity contribution in [2.24, 2.45) is 0 Å². The van der Waals surface area contributed by atoms with Crippen molar-refractivity contribution < 1.29 is 19.4 Å². The summed E-state index contributed by atoms with van der Waals surface area (Å²) in [6.07, 6.45) is 2.47. The Bertz CT molecular complexity index is 462. The Kier molecular flexibility index (Phi) is 6.21. The molecule has 0 radical (unpaired) electrons. The number of nitrogens with one attached hydrogen (secondary N) is 1. The van der Waals surface area contributed by atoms with Gasteiger partial charge in [0.05, 0.1) is 18.4 Å². The molecule has 2 N–H and O–H groups in total. The van der Waals surface area contributed by atoms with Gasteiger partial charge in [-0.05, 0) is 30.4 Å². The molecule has 1 amide bonds. The Morgan fingerprint density at radius 2 is 2.16 bits per heavy atom. The van der Waals surface area contributed by atoms with Gasteiger partial charge in [0.25, 0.3) is 0 Å². The third-order valence-electron chi connectivity index (χ3n) is 2.53. The molecule has 6 heteroatoms. The number of carbonyl (C=O) groups excluding carboxylic acids is 1. The van der Waals surface area contributed by atoms with Crippen molar-refractivity contribution >= 4 is 23.6 Å². The second-order valence-electron chi connectivity index (χ2n) is 3.86. The zero-order valence-electron chi connectivity index (χ0n) is 10.9. The van der Waals surface area contributed by atoms with Gasteiger partial charge >= 0.3 is 5.97 Å². The maximum absolute atomic E-state index is 11.3. The third-order valence-corrected chi connectivity index (χ3v) is 3.08. The smallest absolute Gasteiger partial charge is 0.335 e. The zero-order chi connectivity index (χ0) is 14.3. The summed E-state index contributed by atoms with van der Waals surface area (Å²) in [5.74, 6) is -0.0273. The predicted molar refractivity (Wildman–Crippen MR) is 75.0 cm³/mol. The van der Waals surface area contributed by atoms with E-state index in [-0.39, 0.29) is 11.5 Å². The Labute approximate surface area is 116 Å². The minimum atomic E-state index is -0.988. The van der Waals surface area contributed by atoms with Crippen molar-refractivity contribution in [3.63, 3.8) is 0 Å². The van der Waals surface area contributed by atoms with E-state index in [1.165, 1.54) is 31.0 Å². The molecule has 0 fully saturated rings. The van der Waals surface area contributed by atoms with Crippen LogP contribution >= 0.6 is 11.8 Å². The molecule has 0 saturated carbocycles. The summed E-state index contributed by atoms with van der Waals surface area (Å²) < 4.78 is 5.16. The van der Waals surface area contributed by atoms with E-state index in [0.29, 0.717) is 24.5 Å². The molecule has 5 nitrogen and oxygen atoms in total. The van der Waals surface area contributed by atoms with Crippen molar-refractivity contribution in [1.29, 1.82) is 0 Å². The van der Waals surface area contributed by atoms with Crippen LogP contribution in [0.2, 0.25) is 0 Å². The Morgan fingerprint density at radius 1 is 1.42 bits per heavy atom. The summed E-state index contributed by atoms with van der Waals surface area (Å²) in [7, 11) is 1.50. The monoisotopic (exact) mass is 283 g/mol. The lowest BCUT2D eigenvalue weighted by molar-refractivity contribution is -0.118. The fourth-order valence-corrected chi connectivity index (χ4v) is 1.97. The molecule has 0 aromatic heterocycles. The number of carbonyl (C=O) groups is 2. The number of ether oxygens (including phenoxy) is 1. The molecule has 104 valence electrons. The van der Waals surface area contributed by atoms with Crippen LogP contribution in [0, 0.1) is 0 Å². The molecule has 0 aliphatic heterocycles. The Morgan fingerprint density at radius 3 is 2.74 bits per heavy atom. The number of amides is 1. The van der Waals surface area contributed by atoms with Gasteiger partial charge < -0.3 is 15.2 Å². The van der Waals surface area contributed by atoms with Crippen LogP contribution in [0.4, 0.5) is 0 Å². The number of hydrogen-bond acceptors (Lipinski definition) is 4. The van der Waals surface area contributed by atoms with Gasteiger partial charge in [-0.1, -0.05) is 6.07 Å². The van der Waals surface area contributed by atoms with Crippen molar-refractivity contribution in [1.82, 2.24) is 5.32 Å². The molecule has 0 aliphatic carbocycles. The summed E-state index contributed by atoms with van der Waals surface area (Å²) in [4.78, 5) is 22.1. The summed E-state index contributed by atoms with van der Waals surface area (Å²) in [6, 6.07) is 4.73. The lowest BCUT2D eigenvalue weighted by atomic mass is 10.1. The van der Waals surface area contributed by atoms with Crippen LogP contribution < -0.4 is 10.1 Å². The summed E-state index contributed by atoms with van der Waals surface area (Å²) in [5, 5.41) is 11.7. The van der Waals surface area contributed by atoms with Crippen LogP contribution in [0.25, 0.3) is 0 Å². The number of hydrogen-bond donors (Lipinski definition) is 2. The minimum Gasteiger partial charge on any atom is -0.496 e. The van der Waals surface area contributed by atoms with E-state index in [0.717, 1.165) is 5.56 Å². The van der Waals surface area contributed by atoms with E-state index in [1.54, 1.807) is 6.07 Å². The average molecular weight is 283 g/mol. The van der Waals surface area contributed by atoms with Gasteiger partial charge in [0, 0.05) is 6.54 Å². The Hall–Kier alpha value is -1.69. The minimum absolute atomic E-state index is 0.00590. The normalized spacial score (nSPS) is 10.0. The first kappa shape index (κ1) is 15.4. The number of rotatable bonds is 7. The first-order valence-electron chi connectivity index (χ1n) is 5.74. The maximum atomic E-state index is 11.3. The lowest BCUT2D eigenvalue weighted by Gasteiger charge is -2.10. The van der Waals surface area contributed by atoms with E-state index in [9.17, 15) is 9.59 Å². The van der Waals surface area contributed by atoms with Crippen LogP contribution in [-0.4, -0.2) is 42.6 Å². The topological polar surface area (TPSA) is 75.6 Å². The second-order valence-corrected chi connectivity index (χ2v) is 4.73. The highest BCUT2D eigenvalue weighted by atomic mass is 32.2. The summed E-state index contributed by atoms with van der Waals surface area (Å²) in [6.45, 7) is 0.502. The lowest BCUT2D eigenvalue weighted by Crippen LogP contribution is -2.27. The molecular formula is C13H17NO4S. The van der Waals surface area contributed by atoms with Gasteiger partial charge in [0.2, 0.25) is 5.91 Å². The van der Waals surface area contributed by atoms with Gasteiger partial charge in [-0.2, -0.15) is 11.8 Å². The van der Waals surface area contributed by atoms with Crippen LogP contribution in [-0.2, 0) is 11.2 Å². The molecule has 1 aromatic rings. The SMILES string of the molecule is COc1cc(C(=O)O)ccc1CCNC(=O)CSC. The summed E-state index contributed by atoms with van der Waals surface area (Å²) in [5.41, 5.74) is 1.06. The number of benzene rings is 1. The quantitative estimate of drug-likeness (QED) is 0.791. The molecule has 0 heterocycles. The fourth-order valence-electron chi connectivity index (χ4n) is 1.60. The van der Waals surface area contributed by atoms with Crippen molar-refractivity contribution in [3.8, 4) is 5.75 Å². The van der Waals surface area contributed by atoms with Gasteiger partial charge in [-0.15, -0.1) is 0 Å². The molecule has 0 saturated heterocycles. The highest BCUT2D eigenvalue weighted by Crippen LogP contribution is 2.20. The van der Waals surface area contributed by atoms with Crippen molar-refractivity contribution in [3.05, 3.63) is 29.3 Å². The van der Waals surface area contributed by atoms with E-state index in [1.807, 2.05) is 6.26 Å². The standard InChI is InChI=1S/C13H17NO4S/c1-18-11-7-10(13(16)17)4-3-9(11)5-6-14-12(15)8-19-2/h3-4,7H,5-6,8H2,1-2H3,(H,14,15)(H,16,17). The molecular weight excluding hydrogens is 266 g/mol. The van der Waals surface area contributed by atoms with Crippen LogP contribution in [0.15, 0.2) is 18.2 Å². The van der Waals surface area contributed by atoms with Gasteiger partial charge in [-0.25, -0.2) is 4.79 Å². The molecule has 0 spiro atoms. The predicted octanol–water partition coefficient (Wildman–Crippen LogP) is 1.42. The van der Waals surface area contributed by atoms with E-state index < -0.39 is 5.97 Å². The van der Waals surface area contributed by atoms with E-state index >= 15 is 0 Å². The molecule has 0 atom stereocenters. The highest BCUT2D eigenvalue weighted by Gasteiger charge is 2.09. The zero-order valence-corrected chi connectivity index (χ0v) is 11.8. The highest BCUT2D eigenvalue weighted by molar-refractivity contribution is 7.99. The van der Waals surface area contributed by atoms with Crippen LogP contribution in [0.5, 0.6) is 5.75 Å². The fraction of sp³-hybridized carbons (Fsp3) is 0.385. The van der Waals surface area contributed by atoms with E-state index in [4.69, 9.17) is 9.84 Å². The van der Waals surface area contributed by atoms with Crippen LogP contribution in [0.1, 0.15) is 15.9 Å². The average Bonchev–Trinajstić information content (AvgIpc) is 2.39. The maximum Gasteiger partial charge on any atom is 0.335 e. The molecule has 19 heavy (non-hydrogen) atoms. The van der Waals surface area contributed by atoms with E-state index in [2.05, 4.69) is 5.32 Å². The number of thioether (sulfide) groups is 1. The first-order valence-corrected chi connectivity index (χ1v) is 7.13. The van der Waals surface area contributed by atoms with Gasteiger partial charge in [0.15, 0.2) is 0 Å². The van der Waals surface area contributed by atoms with Crippen LogP contribution in [0.3, 0.4) is 0 Å². The van der Waals surface area contributed by atoms with Gasteiger partial charge in [-0.3, -0.25) is 4.79 Å². The van der Waals surface area contributed by atoms with Crippen molar-refractivity contribution in [2.75, 3.05) is 25.7 Å². The number of carboxylic acid groups (broad SMARTS) is 1. The van der Waals surface area contributed by atoms with Crippen molar-refractivity contribution in [2.45, 2.75) is 6.42 Å². The molecule has 1 rings (SSSR count). The third kappa shape index (κ3) is 4.82.